The summed E-state index contributed by atoms with van der Waals surface area (Å²) in [5, 5.41) is 11.6. The largest absolute Gasteiger partial charge is 0.463 e. The van der Waals surface area contributed by atoms with Crippen LogP contribution in [0.3, 0.4) is 0 Å². The van der Waals surface area contributed by atoms with Crippen LogP contribution in [-0.4, -0.2) is 10.1 Å². The summed E-state index contributed by atoms with van der Waals surface area (Å²) in [5.74, 6) is -1.35. The molecule has 4 aromatic rings. The van der Waals surface area contributed by atoms with Crippen molar-refractivity contribution in [3.63, 3.8) is 0 Å². The summed E-state index contributed by atoms with van der Waals surface area (Å²) in [4.78, 5) is 4.03. The van der Waals surface area contributed by atoms with E-state index in [9.17, 15) is 13.9 Å². The maximum Gasteiger partial charge on any atom is 0.143 e. The summed E-state index contributed by atoms with van der Waals surface area (Å²) in [7, 11) is 0. The molecule has 4 rings (SSSR count). The quantitative estimate of drug-likeness (QED) is 0.458. The van der Waals surface area contributed by atoms with Crippen LogP contribution in [0, 0.1) is 11.6 Å². The monoisotopic (exact) mass is 397 g/mol. The molecule has 0 radical (unpaired) electrons. The van der Waals surface area contributed by atoms with Crippen molar-refractivity contribution in [3.05, 3.63) is 101 Å². The molecular weight excluding hydrogens is 384 g/mol. The summed E-state index contributed by atoms with van der Waals surface area (Å²) in [6, 6.07) is 13.6. The number of nitrogens with zero attached hydrogens (tertiary/aromatic N) is 1. The number of pyridine rings is 1. The van der Waals surface area contributed by atoms with Gasteiger partial charge in [-0.05, 0) is 35.9 Å². The van der Waals surface area contributed by atoms with E-state index in [-0.39, 0.29) is 11.3 Å². The van der Waals surface area contributed by atoms with Crippen molar-refractivity contribution >= 4 is 11.6 Å². The first-order valence-electron chi connectivity index (χ1n) is 8.45. The molecule has 2 aromatic carbocycles. The summed E-state index contributed by atoms with van der Waals surface area (Å²) in [6.07, 6.45) is 3.42. The van der Waals surface area contributed by atoms with Gasteiger partial charge in [0.2, 0.25) is 0 Å². The molecule has 0 aliphatic heterocycles. The zero-order valence-electron chi connectivity index (χ0n) is 14.4. The van der Waals surface area contributed by atoms with Gasteiger partial charge >= 0.3 is 0 Å². The highest BCUT2D eigenvalue weighted by molar-refractivity contribution is 6.30. The molecule has 1 N–H and O–H groups in total. The highest BCUT2D eigenvalue weighted by Gasteiger charge is 2.26. The Hall–Kier alpha value is -3.02. The minimum atomic E-state index is -1.13. The molecule has 140 valence electrons. The van der Waals surface area contributed by atoms with Crippen molar-refractivity contribution in [3.8, 4) is 22.5 Å². The number of aliphatic hydroxyl groups is 1. The number of benzene rings is 2. The number of furan rings is 1. The van der Waals surface area contributed by atoms with Gasteiger partial charge in [0.1, 0.15) is 23.5 Å². The van der Waals surface area contributed by atoms with Crippen LogP contribution in [0.15, 0.2) is 77.7 Å². The lowest BCUT2D eigenvalue weighted by Crippen LogP contribution is -2.03. The zero-order valence-corrected chi connectivity index (χ0v) is 15.2. The Balaban J connectivity index is 1.93. The van der Waals surface area contributed by atoms with E-state index in [2.05, 4.69) is 4.98 Å². The van der Waals surface area contributed by atoms with Crippen molar-refractivity contribution in [2.24, 2.45) is 0 Å². The summed E-state index contributed by atoms with van der Waals surface area (Å²) in [5.41, 5.74) is 2.25. The van der Waals surface area contributed by atoms with E-state index < -0.39 is 17.7 Å². The minimum absolute atomic E-state index is 0.0551. The first kappa shape index (κ1) is 18.3. The molecular formula is C22H14ClF2NO2. The van der Waals surface area contributed by atoms with Crippen molar-refractivity contribution < 1.29 is 18.3 Å². The molecule has 0 aliphatic rings. The van der Waals surface area contributed by atoms with Gasteiger partial charge in [0, 0.05) is 40.2 Å². The van der Waals surface area contributed by atoms with Crippen LogP contribution in [0.4, 0.5) is 8.78 Å². The molecule has 0 spiro atoms. The third-order valence-electron chi connectivity index (χ3n) is 4.43. The SMILES string of the molecule is OC(c1cccnc1)c1c(-c2ccc(Cl)cc2)coc1-c1ccc(F)cc1F. The number of aromatic nitrogens is 1. The summed E-state index contributed by atoms with van der Waals surface area (Å²) in [6.45, 7) is 0. The van der Waals surface area contributed by atoms with Gasteiger partial charge in [-0.15, -0.1) is 0 Å². The molecule has 28 heavy (non-hydrogen) atoms. The Morgan fingerprint density at radius 3 is 2.46 bits per heavy atom. The average molecular weight is 398 g/mol. The fourth-order valence-electron chi connectivity index (χ4n) is 3.08. The highest BCUT2D eigenvalue weighted by atomic mass is 35.5. The van der Waals surface area contributed by atoms with Gasteiger partial charge in [0.05, 0.1) is 11.8 Å². The van der Waals surface area contributed by atoms with E-state index in [0.29, 0.717) is 21.7 Å². The highest BCUT2D eigenvalue weighted by Crippen LogP contribution is 2.41. The van der Waals surface area contributed by atoms with Crippen LogP contribution in [0.2, 0.25) is 5.02 Å². The molecule has 2 heterocycles. The van der Waals surface area contributed by atoms with Gasteiger partial charge in [0.15, 0.2) is 0 Å². The van der Waals surface area contributed by atoms with Crippen LogP contribution < -0.4 is 0 Å². The van der Waals surface area contributed by atoms with E-state index in [1.807, 2.05) is 0 Å². The van der Waals surface area contributed by atoms with Crippen LogP contribution in [-0.2, 0) is 0 Å². The van der Waals surface area contributed by atoms with E-state index in [4.69, 9.17) is 16.0 Å². The number of hydrogen-bond acceptors (Lipinski definition) is 3. The molecule has 0 bridgehead atoms. The predicted molar refractivity (Wildman–Crippen MR) is 103 cm³/mol. The third-order valence-corrected chi connectivity index (χ3v) is 4.69. The Bertz CT molecular complexity index is 1110. The smallest absolute Gasteiger partial charge is 0.143 e. The molecule has 1 atom stereocenters. The lowest BCUT2D eigenvalue weighted by Gasteiger charge is -2.14. The van der Waals surface area contributed by atoms with Gasteiger partial charge in [-0.25, -0.2) is 8.78 Å². The van der Waals surface area contributed by atoms with Crippen molar-refractivity contribution in [2.75, 3.05) is 0 Å². The number of rotatable bonds is 4. The van der Waals surface area contributed by atoms with E-state index in [1.54, 1.807) is 42.6 Å². The Labute approximate surface area is 164 Å². The van der Waals surface area contributed by atoms with Crippen molar-refractivity contribution in [2.45, 2.75) is 6.10 Å². The maximum atomic E-state index is 14.4. The standard InChI is InChI=1S/C22H14ClF2NO2/c23-15-5-3-13(4-6-15)18-12-28-22(17-8-7-16(24)10-19(17)25)20(18)21(27)14-2-1-9-26-11-14/h1-12,21,27H. The summed E-state index contributed by atoms with van der Waals surface area (Å²) < 4.78 is 33.4. The topological polar surface area (TPSA) is 46.3 Å². The first-order valence-corrected chi connectivity index (χ1v) is 8.83. The van der Waals surface area contributed by atoms with E-state index in [0.717, 1.165) is 17.7 Å². The Morgan fingerprint density at radius 2 is 1.79 bits per heavy atom. The number of halogens is 3. The maximum absolute atomic E-state index is 14.4. The van der Waals surface area contributed by atoms with Gasteiger partial charge in [-0.2, -0.15) is 0 Å². The fourth-order valence-corrected chi connectivity index (χ4v) is 3.20. The fraction of sp³-hybridized carbons (Fsp3) is 0.0455. The van der Waals surface area contributed by atoms with Gasteiger partial charge in [-0.1, -0.05) is 29.8 Å². The zero-order chi connectivity index (χ0) is 19.7. The first-order chi connectivity index (χ1) is 13.5. The molecule has 2 aromatic heterocycles. The molecule has 0 saturated carbocycles. The van der Waals surface area contributed by atoms with Gasteiger partial charge in [-0.3, -0.25) is 4.98 Å². The molecule has 1 unspecified atom stereocenters. The van der Waals surface area contributed by atoms with Gasteiger partial charge in [0.25, 0.3) is 0 Å². The molecule has 0 saturated heterocycles. The molecule has 0 aliphatic carbocycles. The van der Waals surface area contributed by atoms with Crippen LogP contribution >= 0.6 is 11.6 Å². The summed E-state index contributed by atoms with van der Waals surface area (Å²) >= 11 is 5.97. The van der Waals surface area contributed by atoms with Crippen molar-refractivity contribution in [1.29, 1.82) is 0 Å². The lowest BCUT2D eigenvalue weighted by atomic mass is 9.93. The molecule has 6 heteroatoms. The average Bonchev–Trinajstić information content (AvgIpc) is 3.13. The second kappa shape index (κ2) is 7.54. The van der Waals surface area contributed by atoms with Crippen molar-refractivity contribution in [1.82, 2.24) is 4.98 Å². The second-order valence-corrected chi connectivity index (χ2v) is 6.65. The van der Waals surface area contributed by atoms with Crippen LogP contribution in [0.1, 0.15) is 17.2 Å². The van der Waals surface area contributed by atoms with Crippen LogP contribution in [0.5, 0.6) is 0 Å². The predicted octanol–water partition coefficient (Wildman–Crippen LogP) is 6.02. The molecule has 0 amide bonds. The normalized spacial score (nSPS) is 12.1. The molecule has 0 fully saturated rings. The van der Waals surface area contributed by atoms with E-state index >= 15 is 0 Å². The Kier molecular flexibility index (Phi) is 4.94. The molecule has 3 nitrogen and oxygen atoms in total. The number of hydrogen-bond donors (Lipinski definition) is 1. The number of aliphatic hydroxyl groups excluding tert-OH is 1. The minimum Gasteiger partial charge on any atom is -0.463 e. The van der Waals surface area contributed by atoms with Crippen LogP contribution in [0.25, 0.3) is 22.5 Å². The third kappa shape index (κ3) is 3.42. The van der Waals surface area contributed by atoms with Gasteiger partial charge < -0.3 is 9.52 Å². The lowest BCUT2D eigenvalue weighted by molar-refractivity contribution is 0.220. The second-order valence-electron chi connectivity index (χ2n) is 6.21. The van der Waals surface area contributed by atoms with E-state index in [1.165, 1.54) is 18.5 Å². The Morgan fingerprint density at radius 1 is 1.00 bits per heavy atom.